The number of piperidine rings is 1. The lowest BCUT2D eigenvalue weighted by molar-refractivity contribution is 0.0697. The number of hydrogen-bond donors (Lipinski definition) is 1. The number of carboxylic acids is 1. The van der Waals surface area contributed by atoms with E-state index in [2.05, 4.69) is 27.4 Å². The van der Waals surface area contributed by atoms with E-state index in [1.165, 1.54) is 6.07 Å². The van der Waals surface area contributed by atoms with Gasteiger partial charge in [0, 0.05) is 12.2 Å². The lowest BCUT2D eigenvalue weighted by atomic mass is 9.88. The first-order valence-electron chi connectivity index (χ1n) is 15.5. The number of aryl methyl sites for hydroxylation is 1. The van der Waals surface area contributed by atoms with Gasteiger partial charge in [-0.05, 0) is 92.9 Å². The fourth-order valence-corrected chi connectivity index (χ4v) is 6.76. The SMILES string of the molecule is CCCOC(Cn1c(CN2CCC(c3cccc4c3OC(c3ccc(C)cc3F)C=N4)CC2)nc2ccc(C(=O)O)cc21)SC. The Morgan fingerprint density at radius 3 is 2.71 bits per heavy atom. The number of halogens is 1. The van der Waals surface area contributed by atoms with E-state index in [0.717, 1.165) is 71.8 Å². The van der Waals surface area contributed by atoms with E-state index in [1.54, 1.807) is 42.2 Å². The van der Waals surface area contributed by atoms with Gasteiger partial charge in [0.25, 0.3) is 0 Å². The molecule has 0 saturated carbocycles. The molecule has 1 aromatic heterocycles. The monoisotopic (exact) mass is 630 g/mol. The molecule has 2 aliphatic rings. The van der Waals surface area contributed by atoms with Gasteiger partial charge >= 0.3 is 5.97 Å². The number of ether oxygens (including phenoxy) is 2. The predicted molar refractivity (Wildman–Crippen MR) is 177 cm³/mol. The number of thioether (sulfide) groups is 1. The van der Waals surface area contributed by atoms with Crippen LogP contribution in [0.2, 0.25) is 0 Å². The molecule has 0 aliphatic carbocycles. The average Bonchev–Trinajstić information content (AvgIpc) is 3.38. The number of rotatable bonds is 11. The minimum atomic E-state index is -0.954. The van der Waals surface area contributed by atoms with Crippen LogP contribution in [0, 0.1) is 12.7 Å². The fourth-order valence-electron chi connectivity index (χ4n) is 6.23. The fraction of sp³-hybridized carbons (Fsp3) is 0.400. The van der Waals surface area contributed by atoms with Crippen molar-refractivity contribution in [2.75, 3.05) is 26.0 Å². The van der Waals surface area contributed by atoms with Crippen molar-refractivity contribution in [3.05, 3.63) is 88.5 Å². The maximum absolute atomic E-state index is 14.8. The minimum Gasteiger partial charge on any atom is -0.478 e. The largest absolute Gasteiger partial charge is 0.478 e. The molecule has 3 heterocycles. The summed E-state index contributed by atoms with van der Waals surface area (Å²) >= 11 is 1.65. The van der Waals surface area contributed by atoms with E-state index in [1.807, 2.05) is 31.4 Å². The first-order chi connectivity index (χ1) is 21.8. The Labute approximate surface area is 267 Å². The highest BCUT2D eigenvalue weighted by Crippen LogP contribution is 2.44. The molecular formula is C35H39FN4O4S. The summed E-state index contributed by atoms with van der Waals surface area (Å²) in [5.41, 5.74) is 5.03. The van der Waals surface area contributed by atoms with Gasteiger partial charge in [0.05, 0.1) is 35.9 Å². The standard InChI is InChI=1S/C35H39FN4O4S/c1-4-16-43-33(45-3)21-40-30-18-24(35(41)42)9-11-28(30)38-32(40)20-39-14-12-23(13-15-39)25-6-5-7-29-34(25)44-31(19-37-29)26-10-8-22(2)17-27(26)36/h5-11,17-19,23,31,33H,4,12-16,20-21H2,1-3H3,(H,41,42). The summed E-state index contributed by atoms with van der Waals surface area (Å²) in [6.07, 6.45) is 5.94. The number of carboxylic acid groups (broad SMARTS) is 1. The summed E-state index contributed by atoms with van der Waals surface area (Å²) in [6, 6.07) is 16.4. The highest BCUT2D eigenvalue weighted by Gasteiger charge is 2.29. The number of aromatic carboxylic acids is 1. The second-order valence-electron chi connectivity index (χ2n) is 11.8. The number of hydrogen-bond acceptors (Lipinski definition) is 7. The summed E-state index contributed by atoms with van der Waals surface area (Å²) in [5, 5.41) is 9.63. The number of likely N-dealkylation sites (tertiary alicyclic amines) is 1. The summed E-state index contributed by atoms with van der Waals surface area (Å²) in [4.78, 5) is 23.8. The first-order valence-corrected chi connectivity index (χ1v) is 16.8. The van der Waals surface area contributed by atoms with Crippen LogP contribution in [0.1, 0.15) is 71.1 Å². The second kappa shape index (κ2) is 13.7. The molecule has 10 heteroatoms. The number of nitrogens with zero attached hydrogens (tertiary/aromatic N) is 4. The van der Waals surface area contributed by atoms with Gasteiger partial charge in [-0.2, -0.15) is 0 Å². The molecule has 0 bridgehead atoms. The average molecular weight is 631 g/mol. The van der Waals surface area contributed by atoms with Gasteiger partial charge < -0.3 is 19.1 Å². The summed E-state index contributed by atoms with van der Waals surface area (Å²) in [7, 11) is 0. The molecule has 2 atom stereocenters. The van der Waals surface area contributed by atoms with E-state index >= 15 is 0 Å². The quantitative estimate of drug-likeness (QED) is 0.172. The highest BCUT2D eigenvalue weighted by atomic mass is 32.2. The predicted octanol–water partition coefficient (Wildman–Crippen LogP) is 7.51. The third kappa shape index (κ3) is 6.78. The number of fused-ring (bicyclic) bond motifs is 2. The Hall–Kier alpha value is -3.73. The Balaban J connectivity index is 1.19. The zero-order chi connectivity index (χ0) is 31.5. The van der Waals surface area contributed by atoms with Crippen LogP contribution in [0.3, 0.4) is 0 Å². The highest BCUT2D eigenvalue weighted by molar-refractivity contribution is 7.99. The van der Waals surface area contributed by atoms with E-state index in [9.17, 15) is 14.3 Å². The van der Waals surface area contributed by atoms with E-state index in [4.69, 9.17) is 14.5 Å². The molecule has 1 fully saturated rings. The number of carbonyl (C=O) groups is 1. The number of benzene rings is 3. The molecule has 2 aliphatic heterocycles. The van der Waals surface area contributed by atoms with Gasteiger partial charge in [-0.1, -0.05) is 31.2 Å². The van der Waals surface area contributed by atoms with Crippen LogP contribution < -0.4 is 4.74 Å². The van der Waals surface area contributed by atoms with Gasteiger partial charge in [0.2, 0.25) is 0 Å². The maximum Gasteiger partial charge on any atom is 0.335 e. The minimum absolute atomic E-state index is 0.0653. The molecule has 1 saturated heterocycles. The van der Waals surface area contributed by atoms with Crippen molar-refractivity contribution >= 4 is 40.7 Å². The summed E-state index contributed by atoms with van der Waals surface area (Å²) in [5.74, 6) is 0.697. The molecule has 3 aromatic carbocycles. The van der Waals surface area contributed by atoms with Crippen LogP contribution in [-0.4, -0.2) is 63.1 Å². The third-order valence-electron chi connectivity index (χ3n) is 8.65. The van der Waals surface area contributed by atoms with Crippen LogP contribution in [0.5, 0.6) is 5.75 Å². The van der Waals surface area contributed by atoms with Gasteiger partial charge in [-0.25, -0.2) is 14.2 Å². The normalized spacial score (nSPS) is 17.7. The maximum atomic E-state index is 14.8. The van der Waals surface area contributed by atoms with Gasteiger partial charge in [0.1, 0.15) is 28.5 Å². The molecule has 0 radical (unpaired) electrons. The number of imidazole rings is 1. The van der Waals surface area contributed by atoms with Crippen LogP contribution in [0.25, 0.3) is 11.0 Å². The Kier molecular flexibility index (Phi) is 9.53. The molecule has 0 spiro atoms. The number of aliphatic imine (C=N–C) groups is 1. The zero-order valence-electron chi connectivity index (χ0n) is 25.9. The molecule has 45 heavy (non-hydrogen) atoms. The molecule has 0 amide bonds. The van der Waals surface area contributed by atoms with E-state index in [0.29, 0.717) is 25.3 Å². The Morgan fingerprint density at radius 1 is 1.16 bits per heavy atom. The van der Waals surface area contributed by atoms with Gasteiger partial charge in [0.15, 0.2) is 6.10 Å². The topological polar surface area (TPSA) is 89.2 Å². The molecule has 8 nitrogen and oxygen atoms in total. The van der Waals surface area contributed by atoms with Crippen molar-refractivity contribution in [2.24, 2.45) is 4.99 Å². The van der Waals surface area contributed by atoms with Crippen molar-refractivity contribution in [2.45, 2.75) is 63.7 Å². The Bertz CT molecular complexity index is 1720. The third-order valence-corrected chi connectivity index (χ3v) is 9.46. The molecule has 6 rings (SSSR count). The van der Waals surface area contributed by atoms with Crippen molar-refractivity contribution in [3.63, 3.8) is 0 Å². The molecular weight excluding hydrogens is 591 g/mol. The first kappa shape index (κ1) is 31.3. The van der Waals surface area contributed by atoms with Crippen molar-refractivity contribution < 1.29 is 23.8 Å². The van der Waals surface area contributed by atoms with Gasteiger partial charge in [-0.3, -0.25) is 9.89 Å². The van der Waals surface area contributed by atoms with Crippen LogP contribution >= 0.6 is 11.8 Å². The van der Waals surface area contributed by atoms with E-state index < -0.39 is 12.1 Å². The molecule has 2 unspecified atom stereocenters. The number of para-hydroxylation sites is 1. The molecule has 1 N–H and O–H groups in total. The molecule has 236 valence electrons. The number of aromatic nitrogens is 2. The summed E-state index contributed by atoms with van der Waals surface area (Å²) < 4.78 is 29.4. The van der Waals surface area contributed by atoms with E-state index in [-0.39, 0.29) is 22.7 Å². The zero-order valence-corrected chi connectivity index (χ0v) is 26.7. The van der Waals surface area contributed by atoms with Crippen LogP contribution in [-0.2, 0) is 17.8 Å². The molecule has 4 aromatic rings. The lowest BCUT2D eigenvalue weighted by Gasteiger charge is -2.34. The van der Waals surface area contributed by atoms with Gasteiger partial charge in [-0.15, -0.1) is 11.8 Å². The van der Waals surface area contributed by atoms with Crippen LogP contribution in [0.15, 0.2) is 59.6 Å². The van der Waals surface area contributed by atoms with Crippen molar-refractivity contribution in [1.29, 1.82) is 0 Å². The summed E-state index contributed by atoms with van der Waals surface area (Å²) in [6.45, 7) is 7.61. The Morgan fingerprint density at radius 2 is 1.98 bits per heavy atom. The van der Waals surface area contributed by atoms with Crippen molar-refractivity contribution in [3.8, 4) is 5.75 Å². The van der Waals surface area contributed by atoms with Crippen molar-refractivity contribution in [1.82, 2.24) is 14.5 Å². The smallest absolute Gasteiger partial charge is 0.335 e. The second-order valence-corrected chi connectivity index (χ2v) is 12.8. The lowest BCUT2D eigenvalue weighted by Crippen LogP contribution is -2.34. The van der Waals surface area contributed by atoms with Crippen LogP contribution in [0.4, 0.5) is 10.1 Å².